The molecule has 0 aromatic carbocycles. The first-order chi connectivity index (χ1) is 8.03. The number of esters is 2. The monoisotopic (exact) mass is 244 g/mol. The van der Waals surface area contributed by atoms with Gasteiger partial charge in [0.15, 0.2) is 5.92 Å². The number of rotatable bonds is 7. The lowest BCUT2D eigenvalue weighted by molar-refractivity contribution is -0.162. The normalized spacial score (nSPS) is 13.9. The van der Waals surface area contributed by atoms with Crippen molar-refractivity contribution in [2.45, 2.75) is 26.7 Å². The van der Waals surface area contributed by atoms with Crippen LogP contribution in [0.1, 0.15) is 26.7 Å². The van der Waals surface area contributed by atoms with Gasteiger partial charge in [0, 0.05) is 5.92 Å². The summed E-state index contributed by atoms with van der Waals surface area (Å²) < 4.78 is 9.20. The van der Waals surface area contributed by atoms with Crippen LogP contribution in [0.3, 0.4) is 0 Å². The highest BCUT2D eigenvalue weighted by atomic mass is 16.5. The summed E-state index contributed by atoms with van der Waals surface area (Å²) in [5.74, 6) is -3.09. The molecule has 0 saturated heterocycles. The quantitative estimate of drug-likeness (QED) is 0.382. The van der Waals surface area contributed by atoms with E-state index < -0.39 is 23.8 Å². The molecule has 0 aliphatic rings. The summed E-state index contributed by atoms with van der Waals surface area (Å²) >= 11 is 0. The Bertz CT molecular complexity index is 258. The lowest BCUT2D eigenvalue weighted by atomic mass is 9.80. The minimum absolute atomic E-state index is 0.377. The molecule has 5 heteroatoms. The van der Waals surface area contributed by atoms with Gasteiger partial charge in [-0.15, -0.1) is 0 Å². The fraction of sp³-hybridized carbons (Fsp3) is 0.750. The standard InChI is InChI=1S/C12H20O5/c1-5-6-9(8(2)7-13)10(11(14)16-3)12(15)17-4/h7-10H,5-6H2,1-4H3. The average molecular weight is 244 g/mol. The summed E-state index contributed by atoms with van der Waals surface area (Å²) in [5.41, 5.74) is 0. The summed E-state index contributed by atoms with van der Waals surface area (Å²) in [7, 11) is 2.43. The fourth-order valence-electron chi connectivity index (χ4n) is 1.87. The molecule has 2 atom stereocenters. The van der Waals surface area contributed by atoms with Crippen LogP contribution in [0, 0.1) is 17.8 Å². The van der Waals surface area contributed by atoms with Crippen LogP contribution in [-0.2, 0) is 23.9 Å². The molecule has 0 radical (unpaired) electrons. The van der Waals surface area contributed by atoms with Crippen molar-refractivity contribution in [3.05, 3.63) is 0 Å². The molecule has 5 nitrogen and oxygen atoms in total. The van der Waals surface area contributed by atoms with Crippen LogP contribution in [-0.4, -0.2) is 32.4 Å². The van der Waals surface area contributed by atoms with E-state index in [-0.39, 0.29) is 5.92 Å². The predicted molar refractivity (Wildman–Crippen MR) is 61.1 cm³/mol. The van der Waals surface area contributed by atoms with E-state index in [1.54, 1.807) is 6.92 Å². The maximum Gasteiger partial charge on any atom is 0.320 e. The number of aldehydes is 1. The molecule has 0 aliphatic heterocycles. The fourth-order valence-corrected chi connectivity index (χ4v) is 1.87. The maximum absolute atomic E-state index is 11.6. The Hall–Kier alpha value is -1.39. The second-order valence-electron chi connectivity index (χ2n) is 3.97. The molecule has 0 heterocycles. The molecule has 17 heavy (non-hydrogen) atoms. The number of methoxy groups -OCH3 is 2. The van der Waals surface area contributed by atoms with Gasteiger partial charge >= 0.3 is 11.9 Å². The lowest BCUT2D eigenvalue weighted by Gasteiger charge is -2.25. The van der Waals surface area contributed by atoms with Gasteiger partial charge in [0.25, 0.3) is 0 Å². The second-order valence-corrected chi connectivity index (χ2v) is 3.97. The van der Waals surface area contributed by atoms with Crippen molar-refractivity contribution in [3.63, 3.8) is 0 Å². The number of carbonyl (C=O) groups is 3. The molecule has 98 valence electrons. The number of hydrogen-bond acceptors (Lipinski definition) is 5. The molecule has 0 amide bonds. The van der Waals surface area contributed by atoms with Crippen molar-refractivity contribution in [1.82, 2.24) is 0 Å². The Morgan fingerprint density at radius 3 is 1.94 bits per heavy atom. The molecular weight excluding hydrogens is 224 g/mol. The van der Waals surface area contributed by atoms with Crippen molar-refractivity contribution < 1.29 is 23.9 Å². The summed E-state index contributed by atoms with van der Waals surface area (Å²) in [6.45, 7) is 3.61. The van der Waals surface area contributed by atoms with E-state index in [1.807, 2.05) is 6.92 Å². The minimum Gasteiger partial charge on any atom is -0.468 e. The SMILES string of the molecule is CCCC(C(C)C=O)C(C(=O)OC)C(=O)OC. The minimum atomic E-state index is -1.02. The molecule has 0 bridgehead atoms. The van der Waals surface area contributed by atoms with E-state index >= 15 is 0 Å². The maximum atomic E-state index is 11.6. The number of carbonyl (C=O) groups excluding carboxylic acids is 3. The highest BCUT2D eigenvalue weighted by Gasteiger charge is 2.39. The molecule has 0 aromatic rings. The third kappa shape index (κ3) is 4.17. The van der Waals surface area contributed by atoms with Crippen molar-refractivity contribution >= 4 is 18.2 Å². The zero-order chi connectivity index (χ0) is 13.4. The summed E-state index contributed by atoms with van der Waals surface area (Å²) in [6.07, 6.45) is 2.11. The molecule has 0 fully saturated rings. The molecule has 0 aromatic heterocycles. The first-order valence-corrected chi connectivity index (χ1v) is 5.64. The Morgan fingerprint density at radius 2 is 1.65 bits per heavy atom. The van der Waals surface area contributed by atoms with Crippen LogP contribution >= 0.6 is 0 Å². The zero-order valence-electron chi connectivity index (χ0n) is 10.8. The van der Waals surface area contributed by atoms with Crippen LogP contribution in [0.4, 0.5) is 0 Å². The first-order valence-electron chi connectivity index (χ1n) is 5.64. The summed E-state index contributed by atoms with van der Waals surface area (Å²) in [5, 5.41) is 0. The van der Waals surface area contributed by atoms with Crippen molar-refractivity contribution in [2.75, 3.05) is 14.2 Å². The Labute approximate surface area is 101 Å². The van der Waals surface area contributed by atoms with Crippen LogP contribution < -0.4 is 0 Å². The molecule has 0 N–H and O–H groups in total. The van der Waals surface area contributed by atoms with Crippen LogP contribution in [0.5, 0.6) is 0 Å². The third-order valence-corrected chi connectivity index (χ3v) is 2.85. The van der Waals surface area contributed by atoms with Crippen molar-refractivity contribution in [3.8, 4) is 0 Å². The van der Waals surface area contributed by atoms with Crippen LogP contribution in [0.25, 0.3) is 0 Å². The molecule has 0 rings (SSSR count). The highest BCUT2D eigenvalue weighted by molar-refractivity contribution is 5.95. The van der Waals surface area contributed by atoms with Gasteiger partial charge in [-0.05, 0) is 12.3 Å². The van der Waals surface area contributed by atoms with Gasteiger partial charge in [-0.25, -0.2) is 0 Å². The molecular formula is C12H20O5. The Morgan fingerprint density at radius 1 is 1.18 bits per heavy atom. The molecule has 2 unspecified atom stereocenters. The van der Waals surface area contributed by atoms with Crippen LogP contribution in [0.15, 0.2) is 0 Å². The van der Waals surface area contributed by atoms with Crippen LogP contribution in [0.2, 0.25) is 0 Å². The third-order valence-electron chi connectivity index (χ3n) is 2.85. The highest BCUT2D eigenvalue weighted by Crippen LogP contribution is 2.27. The lowest BCUT2D eigenvalue weighted by Crippen LogP contribution is -2.37. The van der Waals surface area contributed by atoms with E-state index in [1.165, 1.54) is 14.2 Å². The molecule has 0 aliphatic carbocycles. The first kappa shape index (κ1) is 15.6. The zero-order valence-corrected chi connectivity index (χ0v) is 10.8. The number of ether oxygens (including phenoxy) is 2. The van der Waals surface area contributed by atoms with Crippen molar-refractivity contribution in [2.24, 2.45) is 17.8 Å². The van der Waals surface area contributed by atoms with Gasteiger partial charge in [0.05, 0.1) is 14.2 Å². The topological polar surface area (TPSA) is 69.7 Å². The number of hydrogen-bond donors (Lipinski definition) is 0. The van der Waals surface area contributed by atoms with E-state index in [0.717, 1.165) is 12.7 Å². The Kier molecular flexibility index (Phi) is 7.18. The van der Waals surface area contributed by atoms with Gasteiger partial charge in [-0.1, -0.05) is 20.3 Å². The smallest absolute Gasteiger partial charge is 0.320 e. The van der Waals surface area contributed by atoms with Gasteiger partial charge < -0.3 is 14.3 Å². The van der Waals surface area contributed by atoms with E-state index in [9.17, 15) is 14.4 Å². The van der Waals surface area contributed by atoms with Gasteiger partial charge in [0.2, 0.25) is 0 Å². The van der Waals surface area contributed by atoms with Gasteiger partial charge in [-0.3, -0.25) is 9.59 Å². The average Bonchev–Trinajstić information content (AvgIpc) is 2.36. The second kappa shape index (κ2) is 7.81. The predicted octanol–water partition coefficient (Wildman–Crippen LogP) is 1.20. The summed E-state index contributed by atoms with van der Waals surface area (Å²) in [4.78, 5) is 34.1. The Balaban J connectivity index is 5.12. The van der Waals surface area contributed by atoms with Crippen molar-refractivity contribution in [1.29, 1.82) is 0 Å². The summed E-state index contributed by atoms with van der Waals surface area (Å²) in [6, 6.07) is 0. The van der Waals surface area contributed by atoms with E-state index in [2.05, 4.69) is 9.47 Å². The largest absolute Gasteiger partial charge is 0.468 e. The molecule has 0 saturated carbocycles. The van der Waals surface area contributed by atoms with Gasteiger partial charge in [-0.2, -0.15) is 0 Å². The molecule has 0 spiro atoms. The van der Waals surface area contributed by atoms with E-state index in [0.29, 0.717) is 6.42 Å². The van der Waals surface area contributed by atoms with Gasteiger partial charge in [0.1, 0.15) is 6.29 Å². The van der Waals surface area contributed by atoms with E-state index in [4.69, 9.17) is 0 Å².